The minimum Gasteiger partial charge on any atom is -0.457 e. The van der Waals surface area contributed by atoms with E-state index in [0.29, 0.717) is 4.88 Å². The van der Waals surface area contributed by atoms with Crippen molar-refractivity contribution in [2.45, 2.75) is 6.92 Å². The van der Waals surface area contributed by atoms with Crippen molar-refractivity contribution in [3.8, 4) is 22.6 Å². The number of aryl methyl sites for hydroxylation is 1. The first-order valence-electron chi connectivity index (χ1n) is 8.98. The maximum absolute atomic E-state index is 12.8. The van der Waals surface area contributed by atoms with E-state index in [0.717, 1.165) is 28.3 Å². The Morgan fingerprint density at radius 1 is 0.821 bits per heavy atom. The Labute approximate surface area is 168 Å². The standard InChI is InChI=1S/C24H19NO2S/c1-17-7-9-18(10-8-17)22-15-16-28-23(22)24(26)25-19-11-13-21(14-12-19)27-20-5-3-2-4-6-20/h2-16H,1H3,(H,25,26). The van der Waals surface area contributed by atoms with E-state index >= 15 is 0 Å². The molecule has 0 bridgehead atoms. The van der Waals surface area contributed by atoms with Gasteiger partial charge in [-0.3, -0.25) is 4.79 Å². The summed E-state index contributed by atoms with van der Waals surface area (Å²) in [5.41, 5.74) is 3.92. The Morgan fingerprint density at radius 2 is 1.50 bits per heavy atom. The fourth-order valence-electron chi connectivity index (χ4n) is 2.86. The van der Waals surface area contributed by atoms with E-state index in [2.05, 4.69) is 24.4 Å². The van der Waals surface area contributed by atoms with Crippen LogP contribution in [-0.4, -0.2) is 5.91 Å². The Morgan fingerprint density at radius 3 is 2.21 bits per heavy atom. The number of nitrogens with one attached hydrogen (secondary N) is 1. The number of para-hydroxylation sites is 1. The molecule has 0 unspecified atom stereocenters. The summed E-state index contributed by atoms with van der Waals surface area (Å²) in [6.07, 6.45) is 0. The van der Waals surface area contributed by atoms with Gasteiger partial charge in [0.1, 0.15) is 11.5 Å². The van der Waals surface area contributed by atoms with Gasteiger partial charge in [0.15, 0.2) is 0 Å². The first-order chi connectivity index (χ1) is 13.7. The van der Waals surface area contributed by atoms with Crippen LogP contribution in [0.15, 0.2) is 90.3 Å². The molecule has 0 fully saturated rings. The van der Waals surface area contributed by atoms with Gasteiger partial charge in [-0.1, -0.05) is 48.0 Å². The fourth-order valence-corrected chi connectivity index (χ4v) is 3.68. The van der Waals surface area contributed by atoms with E-state index < -0.39 is 0 Å². The Hall–Kier alpha value is -3.37. The minimum atomic E-state index is -0.109. The molecule has 0 saturated carbocycles. The third-order valence-corrected chi connectivity index (χ3v) is 5.24. The molecule has 0 spiro atoms. The van der Waals surface area contributed by atoms with Crippen LogP contribution in [0.4, 0.5) is 5.69 Å². The van der Waals surface area contributed by atoms with Gasteiger partial charge >= 0.3 is 0 Å². The third-order valence-electron chi connectivity index (χ3n) is 4.33. The van der Waals surface area contributed by atoms with Gasteiger partial charge in [-0.2, -0.15) is 0 Å². The summed E-state index contributed by atoms with van der Waals surface area (Å²) >= 11 is 1.44. The number of carbonyl (C=O) groups excluding carboxylic acids is 1. The van der Waals surface area contributed by atoms with Gasteiger partial charge < -0.3 is 10.1 Å². The average molecular weight is 385 g/mol. The first kappa shape index (κ1) is 18.0. The summed E-state index contributed by atoms with van der Waals surface area (Å²) in [5, 5.41) is 4.92. The molecule has 1 heterocycles. The van der Waals surface area contributed by atoms with Crippen LogP contribution in [-0.2, 0) is 0 Å². The van der Waals surface area contributed by atoms with Crippen LogP contribution in [0.2, 0.25) is 0 Å². The third kappa shape index (κ3) is 4.13. The number of rotatable bonds is 5. The molecule has 3 nitrogen and oxygen atoms in total. The number of thiophene rings is 1. The van der Waals surface area contributed by atoms with Gasteiger partial charge in [-0.15, -0.1) is 11.3 Å². The van der Waals surface area contributed by atoms with E-state index in [1.165, 1.54) is 16.9 Å². The molecule has 4 aromatic rings. The highest BCUT2D eigenvalue weighted by atomic mass is 32.1. The largest absolute Gasteiger partial charge is 0.457 e. The summed E-state index contributed by atoms with van der Waals surface area (Å²) in [6.45, 7) is 2.05. The minimum absolute atomic E-state index is 0.109. The van der Waals surface area contributed by atoms with E-state index in [4.69, 9.17) is 4.74 Å². The molecule has 4 rings (SSSR count). The molecule has 138 valence electrons. The molecule has 1 N–H and O–H groups in total. The molecule has 4 heteroatoms. The smallest absolute Gasteiger partial charge is 0.266 e. The summed E-state index contributed by atoms with van der Waals surface area (Å²) in [4.78, 5) is 13.5. The summed E-state index contributed by atoms with van der Waals surface area (Å²) in [5.74, 6) is 1.39. The van der Waals surface area contributed by atoms with E-state index in [1.54, 1.807) is 0 Å². The zero-order valence-corrected chi connectivity index (χ0v) is 16.2. The lowest BCUT2D eigenvalue weighted by molar-refractivity contribution is 0.103. The zero-order chi connectivity index (χ0) is 19.3. The Kier molecular flexibility index (Phi) is 5.22. The molecule has 1 aromatic heterocycles. The fraction of sp³-hybridized carbons (Fsp3) is 0.0417. The molecular weight excluding hydrogens is 366 g/mol. The van der Waals surface area contributed by atoms with Crippen molar-refractivity contribution in [2.75, 3.05) is 5.32 Å². The zero-order valence-electron chi connectivity index (χ0n) is 15.4. The van der Waals surface area contributed by atoms with Gasteiger partial charge in [0, 0.05) is 11.3 Å². The molecule has 0 aliphatic rings. The van der Waals surface area contributed by atoms with Gasteiger partial charge in [0.05, 0.1) is 4.88 Å². The second-order valence-corrected chi connectivity index (χ2v) is 7.34. The molecule has 0 aliphatic heterocycles. The van der Waals surface area contributed by atoms with Crippen LogP contribution in [0, 0.1) is 6.92 Å². The van der Waals surface area contributed by atoms with Gasteiger partial charge in [-0.05, 0) is 60.3 Å². The highest BCUT2D eigenvalue weighted by Gasteiger charge is 2.15. The van der Waals surface area contributed by atoms with Crippen molar-refractivity contribution in [1.29, 1.82) is 0 Å². The summed E-state index contributed by atoms with van der Waals surface area (Å²) in [7, 11) is 0. The monoisotopic (exact) mass is 385 g/mol. The van der Waals surface area contributed by atoms with Gasteiger partial charge in [0.2, 0.25) is 0 Å². The summed E-state index contributed by atoms with van der Waals surface area (Å²) in [6, 6.07) is 27.2. The Bertz CT molecular complexity index is 1070. The van der Waals surface area contributed by atoms with Gasteiger partial charge in [-0.25, -0.2) is 0 Å². The van der Waals surface area contributed by atoms with E-state index in [-0.39, 0.29) is 5.91 Å². The van der Waals surface area contributed by atoms with Crippen molar-refractivity contribution in [2.24, 2.45) is 0 Å². The van der Waals surface area contributed by atoms with Crippen molar-refractivity contribution < 1.29 is 9.53 Å². The second-order valence-electron chi connectivity index (χ2n) is 6.42. The predicted octanol–water partition coefficient (Wildman–Crippen LogP) is 6.77. The van der Waals surface area contributed by atoms with E-state index in [9.17, 15) is 4.79 Å². The van der Waals surface area contributed by atoms with Crippen molar-refractivity contribution in [3.63, 3.8) is 0 Å². The molecule has 1 amide bonds. The topological polar surface area (TPSA) is 38.3 Å². The number of amides is 1. The van der Waals surface area contributed by atoms with Crippen LogP contribution in [0.3, 0.4) is 0 Å². The molecule has 0 aliphatic carbocycles. The van der Waals surface area contributed by atoms with Crippen LogP contribution in [0.1, 0.15) is 15.2 Å². The van der Waals surface area contributed by atoms with Crippen molar-refractivity contribution in [1.82, 2.24) is 0 Å². The lowest BCUT2D eigenvalue weighted by Gasteiger charge is -2.09. The first-order valence-corrected chi connectivity index (χ1v) is 9.86. The number of carbonyl (C=O) groups is 1. The number of anilines is 1. The second kappa shape index (κ2) is 8.11. The molecule has 0 saturated heterocycles. The lowest BCUT2D eigenvalue weighted by Crippen LogP contribution is -2.11. The predicted molar refractivity (Wildman–Crippen MR) is 115 cm³/mol. The maximum Gasteiger partial charge on any atom is 0.266 e. The highest BCUT2D eigenvalue weighted by Crippen LogP contribution is 2.30. The normalized spacial score (nSPS) is 10.5. The molecule has 0 radical (unpaired) electrons. The summed E-state index contributed by atoms with van der Waals surface area (Å²) < 4.78 is 5.79. The van der Waals surface area contributed by atoms with Crippen LogP contribution < -0.4 is 10.1 Å². The number of benzene rings is 3. The quantitative estimate of drug-likeness (QED) is 0.412. The van der Waals surface area contributed by atoms with Gasteiger partial charge in [0.25, 0.3) is 5.91 Å². The maximum atomic E-state index is 12.8. The SMILES string of the molecule is Cc1ccc(-c2ccsc2C(=O)Nc2ccc(Oc3ccccc3)cc2)cc1. The highest BCUT2D eigenvalue weighted by molar-refractivity contribution is 7.12. The molecule has 0 atom stereocenters. The van der Waals surface area contributed by atoms with E-state index in [1.807, 2.05) is 78.2 Å². The Balaban J connectivity index is 1.47. The van der Waals surface area contributed by atoms with Crippen LogP contribution in [0.25, 0.3) is 11.1 Å². The lowest BCUT2D eigenvalue weighted by atomic mass is 10.0. The van der Waals surface area contributed by atoms with Crippen molar-refractivity contribution in [3.05, 3.63) is 101 Å². The van der Waals surface area contributed by atoms with Crippen LogP contribution in [0.5, 0.6) is 11.5 Å². The molecule has 28 heavy (non-hydrogen) atoms. The number of ether oxygens (including phenoxy) is 1. The molecular formula is C24H19NO2S. The number of hydrogen-bond acceptors (Lipinski definition) is 3. The van der Waals surface area contributed by atoms with Crippen LogP contribution >= 0.6 is 11.3 Å². The number of hydrogen-bond donors (Lipinski definition) is 1. The average Bonchev–Trinajstić information content (AvgIpc) is 3.21. The molecule has 3 aromatic carbocycles. The van der Waals surface area contributed by atoms with Crippen molar-refractivity contribution >= 4 is 22.9 Å².